The summed E-state index contributed by atoms with van der Waals surface area (Å²) in [5.74, 6) is 0.845. The number of fused-ring (bicyclic) bond motifs is 3. The second-order valence-electron chi connectivity index (χ2n) is 10.5. The number of nitrogens with zero attached hydrogens (tertiary/aromatic N) is 3. The minimum atomic E-state index is -2.96. The zero-order valence-electron chi connectivity index (χ0n) is 20.3. The Hall–Kier alpha value is -2.40. The van der Waals surface area contributed by atoms with Gasteiger partial charge in [-0.25, -0.2) is 23.3 Å². The van der Waals surface area contributed by atoms with Crippen LogP contribution in [-0.2, 0) is 16.1 Å². The summed E-state index contributed by atoms with van der Waals surface area (Å²) in [4.78, 5) is 12.6. The molecule has 1 aliphatic carbocycles. The van der Waals surface area contributed by atoms with Crippen molar-refractivity contribution < 1.29 is 8.60 Å². The fraction of sp³-hybridized carbons (Fsp3) is 0.385. The lowest BCUT2D eigenvalue weighted by molar-refractivity contribution is 0.155. The summed E-state index contributed by atoms with van der Waals surface area (Å²) in [5, 5.41) is 0.778. The van der Waals surface area contributed by atoms with Crippen molar-refractivity contribution >= 4 is 44.7 Å². The van der Waals surface area contributed by atoms with Crippen molar-refractivity contribution in [2.24, 2.45) is 11.1 Å². The zero-order chi connectivity index (χ0) is 26.1. The van der Waals surface area contributed by atoms with Crippen molar-refractivity contribution in [1.29, 1.82) is 4.78 Å². The van der Waals surface area contributed by atoms with Crippen LogP contribution in [0.15, 0.2) is 57.4 Å². The molecule has 6 rings (SSSR count). The quantitative estimate of drug-likeness (QED) is 0.391. The first kappa shape index (κ1) is 24.9. The molecule has 1 spiro atoms. The Bertz CT molecular complexity index is 1500. The SMILES string of the molecule is CS(=N)(=O)c1cccc(Sc2ncc(N3C4CC[C@H]3C[C@@]3(Cc5cc(F)ccc5[C@H]3N)C4)nc2N)c1Cl. The molecule has 2 fully saturated rings. The molecule has 2 aromatic carbocycles. The maximum absolute atomic E-state index is 13.9. The molecule has 11 heteroatoms. The van der Waals surface area contributed by atoms with Gasteiger partial charge < -0.3 is 16.4 Å². The van der Waals surface area contributed by atoms with Crippen LogP contribution < -0.4 is 16.4 Å². The molecule has 2 unspecified atom stereocenters. The lowest BCUT2D eigenvalue weighted by atomic mass is 9.70. The van der Waals surface area contributed by atoms with Gasteiger partial charge in [-0.2, -0.15) is 0 Å². The minimum Gasteiger partial charge on any atom is -0.381 e. The molecule has 3 aliphatic rings. The van der Waals surface area contributed by atoms with Gasteiger partial charge in [0, 0.05) is 29.3 Å². The Morgan fingerprint density at radius 2 is 1.97 bits per heavy atom. The molecular weight excluding hydrogens is 531 g/mol. The van der Waals surface area contributed by atoms with Crippen LogP contribution in [0.3, 0.4) is 0 Å². The van der Waals surface area contributed by atoms with E-state index in [4.69, 9.17) is 32.8 Å². The topological polar surface area (TPSA) is 122 Å². The first-order chi connectivity index (χ1) is 17.6. The maximum Gasteiger partial charge on any atom is 0.158 e. The smallest absolute Gasteiger partial charge is 0.158 e. The molecule has 37 heavy (non-hydrogen) atoms. The van der Waals surface area contributed by atoms with E-state index in [1.54, 1.807) is 30.5 Å². The first-order valence-electron chi connectivity index (χ1n) is 12.2. The molecule has 5 atom stereocenters. The van der Waals surface area contributed by atoms with Gasteiger partial charge in [-0.3, -0.25) is 0 Å². The Kier molecular flexibility index (Phi) is 5.94. The van der Waals surface area contributed by atoms with Crippen LogP contribution in [0.4, 0.5) is 16.0 Å². The van der Waals surface area contributed by atoms with Crippen molar-refractivity contribution in [3.63, 3.8) is 0 Å². The molecule has 5 N–H and O–H groups in total. The summed E-state index contributed by atoms with van der Waals surface area (Å²) in [6.45, 7) is 0. The Balaban J connectivity index is 1.24. The number of anilines is 2. The van der Waals surface area contributed by atoms with Crippen molar-refractivity contribution in [2.45, 2.75) is 65.0 Å². The second-order valence-corrected chi connectivity index (χ2v) is 14.0. The lowest BCUT2D eigenvalue weighted by Gasteiger charge is -2.47. The fourth-order valence-electron chi connectivity index (χ4n) is 6.57. The molecule has 7 nitrogen and oxygen atoms in total. The third-order valence-corrected chi connectivity index (χ3v) is 11.0. The average Bonchev–Trinajstić information content (AvgIpc) is 3.25. The Morgan fingerprint density at radius 1 is 1.24 bits per heavy atom. The highest BCUT2D eigenvalue weighted by molar-refractivity contribution is 7.99. The van der Waals surface area contributed by atoms with Gasteiger partial charge in [0.1, 0.15) is 16.7 Å². The number of benzene rings is 2. The summed E-state index contributed by atoms with van der Waals surface area (Å²) < 4.78 is 34.0. The van der Waals surface area contributed by atoms with Crippen LogP contribution in [0.5, 0.6) is 0 Å². The van der Waals surface area contributed by atoms with Gasteiger partial charge in [-0.1, -0.05) is 35.5 Å². The third kappa shape index (κ3) is 4.18. The monoisotopic (exact) mass is 558 g/mol. The number of rotatable bonds is 4. The summed E-state index contributed by atoms with van der Waals surface area (Å²) in [7, 11) is -2.96. The highest BCUT2D eigenvalue weighted by Crippen LogP contribution is 2.57. The van der Waals surface area contributed by atoms with Crippen LogP contribution >= 0.6 is 23.4 Å². The molecule has 2 aliphatic heterocycles. The number of nitrogen functional groups attached to an aromatic ring is 1. The number of hydrogen-bond acceptors (Lipinski definition) is 8. The second kappa shape index (κ2) is 8.83. The standard InChI is InChI=1S/C26H28ClFN6OS2/c1-37(31,35)20-4-2-3-19(22(20)27)36-25-24(30)33-21(13-32-25)34-16-6-7-17(34)12-26(11-16)10-14-9-15(28)5-8-18(14)23(26)29/h2-5,8-9,13,16-17,23,31H,6-7,10-12,29H2,1H3,(H2,30,33)/t16-,17?,23+,26-,37?/m0/s1. The molecule has 2 saturated heterocycles. The fourth-order valence-corrected chi connectivity index (χ4v) is 8.91. The number of piperidine rings is 1. The molecule has 194 valence electrons. The molecule has 2 bridgehead atoms. The van der Waals surface area contributed by atoms with Gasteiger partial charge in [-0.15, -0.1) is 0 Å². The largest absolute Gasteiger partial charge is 0.381 e. The zero-order valence-corrected chi connectivity index (χ0v) is 22.7. The number of nitrogens with one attached hydrogen (secondary N) is 1. The molecule has 0 radical (unpaired) electrons. The van der Waals surface area contributed by atoms with Crippen LogP contribution in [0.25, 0.3) is 0 Å². The van der Waals surface area contributed by atoms with Gasteiger partial charge in [0.15, 0.2) is 5.82 Å². The predicted molar refractivity (Wildman–Crippen MR) is 145 cm³/mol. The molecule has 0 saturated carbocycles. The summed E-state index contributed by atoms with van der Waals surface area (Å²) in [5.41, 5.74) is 15.2. The van der Waals surface area contributed by atoms with E-state index in [0.29, 0.717) is 15.7 Å². The van der Waals surface area contributed by atoms with Gasteiger partial charge >= 0.3 is 0 Å². The van der Waals surface area contributed by atoms with E-state index < -0.39 is 9.73 Å². The number of hydrogen-bond donors (Lipinski definition) is 3. The summed E-state index contributed by atoms with van der Waals surface area (Å²) >= 11 is 7.71. The predicted octanol–water partition coefficient (Wildman–Crippen LogP) is 5.41. The normalized spacial score (nSPS) is 27.9. The van der Waals surface area contributed by atoms with Gasteiger partial charge in [0.05, 0.1) is 25.8 Å². The number of nitrogens with two attached hydrogens (primary N) is 2. The van der Waals surface area contributed by atoms with Gasteiger partial charge in [0.25, 0.3) is 0 Å². The first-order valence-corrected chi connectivity index (χ1v) is 15.4. The van der Waals surface area contributed by atoms with Crippen molar-refractivity contribution in [1.82, 2.24) is 9.97 Å². The van der Waals surface area contributed by atoms with E-state index in [2.05, 4.69) is 9.88 Å². The molecule has 0 amide bonds. The molecule has 3 heterocycles. The molecule has 3 aromatic rings. The molecular formula is C26H28ClFN6OS2. The van der Waals surface area contributed by atoms with E-state index in [1.807, 2.05) is 6.07 Å². The van der Waals surface area contributed by atoms with Crippen LogP contribution in [0.2, 0.25) is 5.02 Å². The van der Waals surface area contributed by atoms with Gasteiger partial charge in [-0.05, 0) is 72.9 Å². The van der Waals surface area contributed by atoms with Crippen molar-refractivity contribution in [3.05, 3.63) is 64.6 Å². The Labute approximate surface area is 225 Å². The van der Waals surface area contributed by atoms with Crippen LogP contribution in [0, 0.1) is 16.0 Å². The summed E-state index contributed by atoms with van der Waals surface area (Å²) in [6.07, 6.45) is 7.86. The summed E-state index contributed by atoms with van der Waals surface area (Å²) in [6, 6.07) is 10.6. The van der Waals surface area contributed by atoms with Crippen molar-refractivity contribution in [2.75, 3.05) is 16.9 Å². The van der Waals surface area contributed by atoms with E-state index in [1.165, 1.54) is 24.1 Å². The molecule has 1 aromatic heterocycles. The minimum absolute atomic E-state index is 0.0646. The lowest BCUT2D eigenvalue weighted by Crippen LogP contribution is -2.51. The van der Waals surface area contributed by atoms with E-state index >= 15 is 0 Å². The van der Waals surface area contributed by atoms with E-state index in [0.717, 1.165) is 49.0 Å². The van der Waals surface area contributed by atoms with Gasteiger partial charge in [0.2, 0.25) is 0 Å². The average molecular weight is 559 g/mol. The highest BCUT2D eigenvalue weighted by Gasteiger charge is 2.54. The Morgan fingerprint density at radius 3 is 2.65 bits per heavy atom. The third-order valence-electron chi connectivity index (χ3n) is 8.12. The van der Waals surface area contributed by atoms with Crippen molar-refractivity contribution in [3.8, 4) is 0 Å². The van der Waals surface area contributed by atoms with Crippen LogP contribution in [-0.4, -0.2) is 32.5 Å². The van der Waals surface area contributed by atoms with Crippen LogP contribution in [0.1, 0.15) is 42.9 Å². The van der Waals surface area contributed by atoms with E-state index in [-0.39, 0.29) is 39.3 Å². The maximum atomic E-state index is 13.9. The number of halogens is 2. The highest BCUT2D eigenvalue weighted by atomic mass is 35.5. The van der Waals surface area contributed by atoms with E-state index in [9.17, 15) is 8.60 Å². The number of aromatic nitrogens is 2.